The average Bonchev–Trinajstić information content (AvgIpc) is 2.30. The van der Waals surface area contributed by atoms with Gasteiger partial charge in [0.2, 0.25) is 0 Å². The summed E-state index contributed by atoms with van der Waals surface area (Å²) in [5.41, 5.74) is 0.958. The van der Waals surface area contributed by atoms with Crippen molar-refractivity contribution < 1.29 is 10.2 Å². The molecule has 84 valence electrons. The molecule has 15 heavy (non-hydrogen) atoms. The first-order valence-corrected chi connectivity index (χ1v) is 6.29. The molecule has 0 aliphatic rings. The van der Waals surface area contributed by atoms with Crippen LogP contribution in [0.5, 0.6) is 0 Å². The molecule has 0 aromatic heterocycles. The zero-order valence-corrected chi connectivity index (χ0v) is 9.67. The number of rotatable bonds is 7. The summed E-state index contributed by atoms with van der Waals surface area (Å²) in [6.07, 6.45) is 3.15. The SMILES string of the molecule is OCCCCCSc1ccc(CO)cc1. The molecule has 0 unspecified atom stereocenters. The molecule has 3 heteroatoms. The molecule has 0 radical (unpaired) electrons. The summed E-state index contributed by atoms with van der Waals surface area (Å²) in [5.74, 6) is 1.10. The van der Waals surface area contributed by atoms with Gasteiger partial charge < -0.3 is 10.2 Å². The van der Waals surface area contributed by atoms with E-state index in [4.69, 9.17) is 10.2 Å². The van der Waals surface area contributed by atoms with E-state index in [9.17, 15) is 0 Å². The van der Waals surface area contributed by atoms with Gasteiger partial charge in [0.15, 0.2) is 0 Å². The number of unbranched alkanes of at least 4 members (excludes halogenated alkanes) is 2. The lowest BCUT2D eigenvalue weighted by atomic mass is 10.2. The predicted octanol–water partition coefficient (Wildman–Crippen LogP) is 2.43. The summed E-state index contributed by atoms with van der Waals surface area (Å²) in [7, 11) is 0. The van der Waals surface area contributed by atoms with Gasteiger partial charge in [0.1, 0.15) is 0 Å². The highest BCUT2D eigenvalue weighted by Gasteiger charge is 1.95. The Balaban J connectivity index is 2.20. The standard InChI is InChI=1S/C12H18O2S/c13-8-2-1-3-9-15-12-6-4-11(10-14)5-7-12/h4-7,13-14H,1-3,8-10H2. The third kappa shape index (κ3) is 5.21. The smallest absolute Gasteiger partial charge is 0.0681 e. The second-order valence-corrected chi connectivity index (χ2v) is 4.60. The lowest BCUT2D eigenvalue weighted by Crippen LogP contribution is -1.86. The molecular weight excluding hydrogens is 208 g/mol. The molecule has 1 rings (SSSR count). The van der Waals surface area contributed by atoms with Crippen molar-refractivity contribution in [1.82, 2.24) is 0 Å². The fourth-order valence-electron chi connectivity index (χ4n) is 1.27. The summed E-state index contributed by atoms with van der Waals surface area (Å²) >= 11 is 1.83. The largest absolute Gasteiger partial charge is 0.396 e. The summed E-state index contributed by atoms with van der Waals surface area (Å²) < 4.78 is 0. The fraction of sp³-hybridized carbons (Fsp3) is 0.500. The van der Waals surface area contributed by atoms with Crippen LogP contribution in [-0.4, -0.2) is 22.6 Å². The van der Waals surface area contributed by atoms with Gasteiger partial charge in [0.25, 0.3) is 0 Å². The zero-order chi connectivity index (χ0) is 10.9. The Morgan fingerprint density at radius 2 is 1.67 bits per heavy atom. The Morgan fingerprint density at radius 1 is 0.933 bits per heavy atom. The summed E-state index contributed by atoms with van der Waals surface area (Å²) in [6.45, 7) is 0.414. The number of aliphatic hydroxyl groups is 2. The van der Waals surface area contributed by atoms with Gasteiger partial charge in [-0.1, -0.05) is 18.6 Å². The van der Waals surface area contributed by atoms with Gasteiger partial charge in [-0.05, 0) is 36.3 Å². The molecule has 0 fully saturated rings. The van der Waals surface area contributed by atoms with Crippen molar-refractivity contribution >= 4 is 11.8 Å². The first-order chi connectivity index (χ1) is 7.36. The van der Waals surface area contributed by atoms with E-state index >= 15 is 0 Å². The molecule has 0 amide bonds. The zero-order valence-electron chi connectivity index (χ0n) is 8.85. The highest BCUT2D eigenvalue weighted by atomic mass is 32.2. The third-order valence-corrected chi connectivity index (χ3v) is 3.28. The normalized spacial score (nSPS) is 10.5. The van der Waals surface area contributed by atoms with Crippen LogP contribution in [0.1, 0.15) is 24.8 Å². The molecule has 0 heterocycles. The molecule has 2 N–H and O–H groups in total. The van der Waals surface area contributed by atoms with Crippen LogP contribution in [0.15, 0.2) is 29.2 Å². The second-order valence-electron chi connectivity index (χ2n) is 3.43. The van der Waals surface area contributed by atoms with Crippen molar-refractivity contribution in [1.29, 1.82) is 0 Å². The van der Waals surface area contributed by atoms with Crippen molar-refractivity contribution in [2.45, 2.75) is 30.8 Å². The fourth-order valence-corrected chi connectivity index (χ4v) is 2.18. The summed E-state index contributed by atoms with van der Waals surface area (Å²) in [6, 6.07) is 8.00. The van der Waals surface area contributed by atoms with Gasteiger partial charge in [0, 0.05) is 11.5 Å². The van der Waals surface area contributed by atoms with Crippen LogP contribution < -0.4 is 0 Å². The second kappa shape index (κ2) is 7.74. The molecule has 1 aromatic rings. The number of aliphatic hydroxyl groups excluding tert-OH is 2. The minimum absolute atomic E-state index is 0.113. The minimum Gasteiger partial charge on any atom is -0.396 e. The van der Waals surface area contributed by atoms with Crippen molar-refractivity contribution in [3.8, 4) is 0 Å². The van der Waals surface area contributed by atoms with E-state index in [-0.39, 0.29) is 6.61 Å². The monoisotopic (exact) mass is 226 g/mol. The first-order valence-electron chi connectivity index (χ1n) is 5.30. The van der Waals surface area contributed by atoms with E-state index < -0.39 is 0 Å². The Kier molecular flexibility index (Phi) is 6.48. The maximum absolute atomic E-state index is 8.87. The van der Waals surface area contributed by atoms with Gasteiger partial charge in [-0.25, -0.2) is 0 Å². The molecule has 2 nitrogen and oxygen atoms in total. The number of benzene rings is 1. The number of thioether (sulfide) groups is 1. The van der Waals surface area contributed by atoms with Gasteiger partial charge in [-0.2, -0.15) is 0 Å². The van der Waals surface area contributed by atoms with Crippen LogP contribution in [0.25, 0.3) is 0 Å². The van der Waals surface area contributed by atoms with Gasteiger partial charge in [0.05, 0.1) is 6.61 Å². The molecular formula is C12H18O2S. The van der Waals surface area contributed by atoms with Crippen LogP contribution in [0.2, 0.25) is 0 Å². The van der Waals surface area contributed by atoms with Crippen LogP contribution >= 0.6 is 11.8 Å². The lowest BCUT2D eigenvalue weighted by Gasteiger charge is -2.02. The van der Waals surface area contributed by atoms with Gasteiger partial charge in [-0.3, -0.25) is 0 Å². The lowest BCUT2D eigenvalue weighted by molar-refractivity contribution is 0.282. The maximum atomic E-state index is 8.87. The van der Waals surface area contributed by atoms with Gasteiger partial charge in [-0.15, -0.1) is 11.8 Å². The van der Waals surface area contributed by atoms with E-state index in [1.807, 2.05) is 36.0 Å². The molecule has 0 atom stereocenters. The quantitative estimate of drug-likeness (QED) is 0.554. The molecule has 1 aromatic carbocycles. The topological polar surface area (TPSA) is 40.5 Å². The average molecular weight is 226 g/mol. The molecule has 0 aliphatic carbocycles. The third-order valence-electron chi connectivity index (χ3n) is 2.18. The van der Waals surface area contributed by atoms with Crippen molar-refractivity contribution in [2.24, 2.45) is 0 Å². The van der Waals surface area contributed by atoms with Crippen molar-refractivity contribution in [2.75, 3.05) is 12.4 Å². The van der Waals surface area contributed by atoms with E-state index in [1.165, 1.54) is 4.90 Å². The van der Waals surface area contributed by atoms with E-state index in [0.717, 1.165) is 30.6 Å². The highest BCUT2D eigenvalue weighted by Crippen LogP contribution is 2.20. The van der Waals surface area contributed by atoms with E-state index in [1.54, 1.807) is 0 Å². The minimum atomic E-state index is 0.113. The highest BCUT2D eigenvalue weighted by molar-refractivity contribution is 7.99. The Bertz CT molecular complexity index is 259. The van der Waals surface area contributed by atoms with Crippen molar-refractivity contribution in [3.63, 3.8) is 0 Å². The molecule has 0 spiro atoms. The first kappa shape index (κ1) is 12.6. The molecule has 0 saturated heterocycles. The Morgan fingerprint density at radius 3 is 2.27 bits per heavy atom. The van der Waals surface area contributed by atoms with Crippen LogP contribution in [-0.2, 0) is 6.61 Å². The summed E-state index contributed by atoms with van der Waals surface area (Å²) in [5, 5.41) is 17.5. The molecule has 0 aliphatic heterocycles. The van der Waals surface area contributed by atoms with Crippen LogP contribution in [0.4, 0.5) is 0 Å². The Hall–Kier alpha value is -0.510. The van der Waals surface area contributed by atoms with Crippen LogP contribution in [0.3, 0.4) is 0 Å². The Labute approximate surface area is 95.3 Å². The molecule has 0 bridgehead atoms. The van der Waals surface area contributed by atoms with E-state index in [0.29, 0.717) is 6.61 Å². The predicted molar refractivity (Wildman–Crippen MR) is 64.0 cm³/mol. The number of hydrogen-bond donors (Lipinski definition) is 2. The van der Waals surface area contributed by atoms with Crippen molar-refractivity contribution in [3.05, 3.63) is 29.8 Å². The maximum Gasteiger partial charge on any atom is 0.0681 e. The van der Waals surface area contributed by atoms with Crippen LogP contribution in [0, 0.1) is 0 Å². The van der Waals surface area contributed by atoms with E-state index in [2.05, 4.69) is 0 Å². The van der Waals surface area contributed by atoms with Gasteiger partial charge >= 0.3 is 0 Å². The molecule has 0 saturated carbocycles. The summed E-state index contributed by atoms with van der Waals surface area (Å²) in [4.78, 5) is 1.25. The number of hydrogen-bond acceptors (Lipinski definition) is 3.